The minimum absolute atomic E-state index is 0.0899. The fourth-order valence-electron chi connectivity index (χ4n) is 1.67. The molecule has 0 fully saturated rings. The van der Waals surface area contributed by atoms with E-state index < -0.39 is 21.9 Å². The molecule has 2 aromatic rings. The zero-order valence-electron chi connectivity index (χ0n) is 12.1. The number of carbonyl (C=O) groups is 2. The molecule has 0 saturated heterocycles. The number of esters is 1. The Morgan fingerprint density at radius 1 is 1.17 bits per heavy atom. The first kappa shape index (κ1) is 17.0. The molecule has 0 bridgehead atoms. The molecule has 0 atom stereocenters. The number of hydrogen-bond acceptors (Lipinski definition) is 6. The van der Waals surface area contributed by atoms with Crippen molar-refractivity contribution in [1.29, 1.82) is 0 Å². The van der Waals surface area contributed by atoms with E-state index in [9.17, 15) is 18.0 Å². The standard InChI is InChI=1S/C14H14N2O5S2/c1-21-12(17)9-15-14(18)13-11(7-8-22-13)16-23(19,20)10-5-3-2-4-6-10/h2-8,16H,9H2,1H3,(H,15,18). The third-order valence-electron chi connectivity index (χ3n) is 2.79. The number of rotatable bonds is 6. The molecule has 9 heteroatoms. The van der Waals surface area contributed by atoms with Crippen molar-refractivity contribution in [3.8, 4) is 0 Å². The van der Waals surface area contributed by atoms with Gasteiger partial charge in [0.2, 0.25) is 0 Å². The van der Waals surface area contributed by atoms with Crippen molar-refractivity contribution >= 4 is 38.9 Å². The number of carbonyl (C=O) groups excluding carboxylic acids is 2. The summed E-state index contributed by atoms with van der Waals surface area (Å²) in [5, 5.41) is 3.94. The second-order valence-electron chi connectivity index (χ2n) is 4.34. The van der Waals surface area contributed by atoms with Gasteiger partial charge in [0.25, 0.3) is 15.9 Å². The molecule has 0 spiro atoms. The maximum absolute atomic E-state index is 12.3. The van der Waals surface area contributed by atoms with Crippen LogP contribution >= 0.6 is 11.3 Å². The van der Waals surface area contributed by atoms with Gasteiger partial charge in [0.05, 0.1) is 17.7 Å². The fourth-order valence-corrected chi connectivity index (χ4v) is 3.60. The van der Waals surface area contributed by atoms with E-state index in [-0.39, 0.29) is 22.0 Å². The highest BCUT2D eigenvalue weighted by Crippen LogP contribution is 2.25. The maximum Gasteiger partial charge on any atom is 0.325 e. The van der Waals surface area contributed by atoms with Gasteiger partial charge in [-0.1, -0.05) is 18.2 Å². The van der Waals surface area contributed by atoms with Gasteiger partial charge in [0.1, 0.15) is 11.4 Å². The van der Waals surface area contributed by atoms with Crippen molar-refractivity contribution in [2.75, 3.05) is 18.4 Å². The molecular formula is C14H14N2O5S2. The van der Waals surface area contributed by atoms with Crippen molar-refractivity contribution in [3.05, 3.63) is 46.7 Å². The van der Waals surface area contributed by atoms with E-state index >= 15 is 0 Å². The molecule has 0 aliphatic heterocycles. The molecule has 0 unspecified atom stereocenters. The predicted molar refractivity (Wildman–Crippen MR) is 85.9 cm³/mol. The SMILES string of the molecule is COC(=O)CNC(=O)c1sccc1NS(=O)(=O)c1ccccc1. The summed E-state index contributed by atoms with van der Waals surface area (Å²) < 4.78 is 31.3. The highest BCUT2D eigenvalue weighted by molar-refractivity contribution is 7.92. The smallest absolute Gasteiger partial charge is 0.325 e. The number of nitrogens with one attached hydrogen (secondary N) is 2. The third-order valence-corrected chi connectivity index (χ3v) is 5.08. The molecule has 23 heavy (non-hydrogen) atoms. The van der Waals surface area contributed by atoms with Crippen LogP contribution < -0.4 is 10.0 Å². The lowest BCUT2D eigenvalue weighted by atomic mass is 10.4. The second-order valence-corrected chi connectivity index (χ2v) is 6.94. The van der Waals surface area contributed by atoms with Crippen molar-refractivity contribution in [2.24, 2.45) is 0 Å². The summed E-state index contributed by atoms with van der Waals surface area (Å²) >= 11 is 1.06. The highest BCUT2D eigenvalue weighted by Gasteiger charge is 2.20. The summed E-state index contributed by atoms with van der Waals surface area (Å²) in [4.78, 5) is 23.3. The van der Waals surface area contributed by atoms with E-state index in [1.807, 2.05) is 0 Å². The number of amides is 1. The highest BCUT2D eigenvalue weighted by atomic mass is 32.2. The van der Waals surface area contributed by atoms with Crippen LogP contribution in [0.3, 0.4) is 0 Å². The van der Waals surface area contributed by atoms with Gasteiger partial charge < -0.3 is 10.1 Å². The number of hydrogen-bond donors (Lipinski definition) is 2. The van der Waals surface area contributed by atoms with Crippen molar-refractivity contribution in [2.45, 2.75) is 4.90 Å². The molecule has 1 aromatic heterocycles. The van der Waals surface area contributed by atoms with E-state index in [1.165, 1.54) is 25.3 Å². The summed E-state index contributed by atoms with van der Waals surface area (Å²) in [6.07, 6.45) is 0. The average molecular weight is 354 g/mol. The molecule has 2 N–H and O–H groups in total. The number of anilines is 1. The molecule has 1 heterocycles. The largest absolute Gasteiger partial charge is 0.468 e. The van der Waals surface area contributed by atoms with Crippen LogP contribution in [0, 0.1) is 0 Å². The van der Waals surface area contributed by atoms with E-state index in [1.54, 1.807) is 23.6 Å². The second kappa shape index (κ2) is 7.25. The molecule has 1 amide bonds. The Balaban J connectivity index is 2.15. The molecule has 0 radical (unpaired) electrons. The zero-order chi connectivity index (χ0) is 16.9. The maximum atomic E-state index is 12.3. The summed E-state index contributed by atoms with van der Waals surface area (Å²) in [5.41, 5.74) is 0.154. The monoisotopic (exact) mass is 354 g/mol. The lowest BCUT2D eigenvalue weighted by molar-refractivity contribution is -0.139. The van der Waals surface area contributed by atoms with Crippen LogP contribution in [0.4, 0.5) is 5.69 Å². The lowest BCUT2D eigenvalue weighted by Crippen LogP contribution is -2.30. The van der Waals surface area contributed by atoms with Crippen LogP contribution in [-0.4, -0.2) is 33.9 Å². The Bertz CT molecular complexity index is 800. The Morgan fingerprint density at radius 2 is 1.87 bits per heavy atom. The number of thiophene rings is 1. The number of methoxy groups -OCH3 is 1. The van der Waals surface area contributed by atoms with Gasteiger partial charge in [-0.15, -0.1) is 11.3 Å². The Hall–Kier alpha value is -2.39. The molecule has 2 rings (SSSR count). The first-order valence-corrected chi connectivity index (χ1v) is 8.80. The summed E-state index contributed by atoms with van der Waals surface area (Å²) in [6.45, 7) is -0.294. The van der Waals surface area contributed by atoms with Gasteiger partial charge in [-0.25, -0.2) is 8.42 Å². The van der Waals surface area contributed by atoms with Crippen molar-refractivity contribution < 1.29 is 22.7 Å². The fraction of sp³-hybridized carbons (Fsp3) is 0.143. The van der Waals surface area contributed by atoms with Crippen LogP contribution in [-0.2, 0) is 19.6 Å². The van der Waals surface area contributed by atoms with Crippen LogP contribution in [0.25, 0.3) is 0 Å². The van der Waals surface area contributed by atoms with E-state index in [4.69, 9.17) is 0 Å². The Morgan fingerprint density at radius 3 is 2.52 bits per heavy atom. The summed E-state index contributed by atoms with van der Waals surface area (Å²) in [5.74, 6) is -1.16. The molecule has 0 aliphatic rings. The van der Waals surface area contributed by atoms with E-state index in [2.05, 4.69) is 14.8 Å². The van der Waals surface area contributed by atoms with Crippen molar-refractivity contribution in [1.82, 2.24) is 5.32 Å². The van der Waals surface area contributed by atoms with Gasteiger partial charge in [0.15, 0.2) is 0 Å². The predicted octanol–water partition coefficient (Wildman–Crippen LogP) is 1.45. The molecule has 122 valence electrons. The summed E-state index contributed by atoms with van der Waals surface area (Å²) in [7, 11) is -2.58. The first-order valence-electron chi connectivity index (χ1n) is 6.44. The van der Waals surface area contributed by atoms with Gasteiger partial charge in [0, 0.05) is 0 Å². The first-order chi connectivity index (χ1) is 10.9. The minimum atomic E-state index is -3.79. The van der Waals surface area contributed by atoms with Crippen LogP contribution in [0.15, 0.2) is 46.7 Å². The van der Waals surface area contributed by atoms with Gasteiger partial charge in [-0.05, 0) is 23.6 Å². The van der Waals surface area contributed by atoms with Gasteiger partial charge in [-0.2, -0.15) is 0 Å². The Labute approximate surface area is 137 Å². The van der Waals surface area contributed by atoms with Crippen LogP contribution in [0.2, 0.25) is 0 Å². The minimum Gasteiger partial charge on any atom is -0.468 e. The van der Waals surface area contributed by atoms with Crippen LogP contribution in [0.5, 0.6) is 0 Å². The number of ether oxygens (including phenoxy) is 1. The lowest BCUT2D eigenvalue weighted by Gasteiger charge is -2.09. The van der Waals surface area contributed by atoms with Crippen LogP contribution in [0.1, 0.15) is 9.67 Å². The molecular weight excluding hydrogens is 340 g/mol. The van der Waals surface area contributed by atoms with Crippen molar-refractivity contribution in [3.63, 3.8) is 0 Å². The number of sulfonamides is 1. The third kappa shape index (κ3) is 4.30. The van der Waals surface area contributed by atoms with E-state index in [0.29, 0.717) is 0 Å². The normalized spacial score (nSPS) is 10.8. The molecule has 0 saturated carbocycles. The quantitative estimate of drug-likeness (QED) is 0.765. The van der Waals surface area contributed by atoms with E-state index in [0.717, 1.165) is 11.3 Å². The average Bonchev–Trinajstić information content (AvgIpc) is 3.00. The molecule has 0 aliphatic carbocycles. The summed E-state index contributed by atoms with van der Waals surface area (Å²) in [6, 6.07) is 9.29. The zero-order valence-corrected chi connectivity index (χ0v) is 13.7. The molecule has 1 aromatic carbocycles. The topological polar surface area (TPSA) is 102 Å². The number of benzene rings is 1. The van der Waals surface area contributed by atoms with Gasteiger partial charge >= 0.3 is 5.97 Å². The Kier molecular flexibility index (Phi) is 5.35. The van der Waals surface area contributed by atoms with Gasteiger partial charge in [-0.3, -0.25) is 14.3 Å². The molecule has 7 nitrogen and oxygen atoms in total.